The predicted octanol–water partition coefficient (Wildman–Crippen LogP) is 0.0779. The molecule has 1 fully saturated rings. The molecule has 2 aliphatic rings. The van der Waals surface area contributed by atoms with Crippen LogP contribution < -0.4 is 10.6 Å². The molecule has 0 spiro atoms. The minimum absolute atomic E-state index is 0.145. The fourth-order valence-electron chi connectivity index (χ4n) is 3.03. The van der Waals surface area contributed by atoms with Gasteiger partial charge in [-0.05, 0) is 30.0 Å². The first kappa shape index (κ1) is 14.0. The van der Waals surface area contributed by atoms with E-state index in [0.29, 0.717) is 12.1 Å². The summed E-state index contributed by atoms with van der Waals surface area (Å²) in [4.78, 5) is 29.4. The molecule has 0 aliphatic carbocycles. The molecule has 0 unspecified atom stereocenters. The minimum Gasteiger partial charge on any atom is -0.354 e. The molecule has 1 aromatic rings. The van der Waals surface area contributed by atoms with E-state index in [1.807, 2.05) is 6.07 Å². The Kier molecular flexibility index (Phi) is 3.88. The molecule has 1 aromatic heterocycles. The van der Waals surface area contributed by atoms with E-state index in [2.05, 4.69) is 20.5 Å². The molecule has 0 saturated carbocycles. The summed E-state index contributed by atoms with van der Waals surface area (Å²) in [6.45, 7) is 2.68. The van der Waals surface area contributed by atoms with Crippen molar-refractivity contribution in [3.63, 3.8) is 0 Å². The van der Waals surface area contributed by atoms with Gasteiger partial charge in [-0.25, -0.2) is 0 Å². The first-order chi connectivity index (χ1) is 10.2. The molecular formula is C15H20N4O2. The maximum atomic E-state index is 11.6. The highest BCUT2D eigenvalue weighted by Gasteiger charge is 2.25. The zero-order chi connectivity index (χ0) is 14.8. The second kappa shape index (κ2) is 5.81. The molecule has 2 aliphatic heterocycles. The van der Waals surface area contributed by atoms with Crippen molar-refractivity contribution in [3.05, 3.63) is 29.1 Å². The molecule has 1 atom stereocenters. The molecule has 2 amide bonds. The molecule has 0 bridgehead atoms. The van der Waals surface area contributed by atoms with E-state index in [0.717, 1.165) is 32.5 Å². The molecule has 112 valence electrons. The number of aromatic nitrogens is 1. The van der Waals surface area contributed by atoms with Crippen LogP contribution in [0.25, 0.3) is 0 Å². The summed E-state index contributed by atoms with van der Waals surface area (Å²) < 4.78 is 0. The number of nitrogens with one attached hydrogen (secondary N) is 2. The van der Waals surface area contributed by atoms with Crippen molar-refractivity contribution in [3.8, 4) is 0 Å². The molecule has 6 nitrogen and oxygen atoms in total. The highest BCUT2D eigenvalue weighted by Crippen LogP contribution is 2.20. The minimum atomic E-state index is -0.145. The smallest absolute Gasteiger partial charge is 0.269 e. The molecule has 6 heteroatoms. The van der Waals surface area contributed by atoms with E-state index >= 15 is 0 Å². The van der Waals surface area contributed by atoms with E-state index in [4.69, 9.17) is 0 Å². The first-order valence-corrected chi connectivity index (χ1v) is 7.37. The SMILES string of the molecule is CNC(=O)c1cc2c(cn1)CN(C[C@H]1CCC(=O)N1)CC2. The molecular weight excluding hydrogens is 268 g/mol. The van der Waals surface area contributed by atoms with Crippen LogP contribution in [-0.2, 0) is 17.8 Å². The largest absolute Gasteiger partial charge is 0.354 e. The summed E-state index contributed by atoms with van der Waals surface area (Å²) in [6, 6.07) is 2.17. The Morgan fingerprint density at radius 3 is 3.05 bits per heavy atom. The maximum Gasteiger partial charge on any atom is 0.269 e. The van der Waals surface area contributed by atoms with Crippen LogP contribution in [0.5, 0.6) is 0 Å². The van der Waals surface area contributed by atoms with Crippen LogP contribution in [0.2, 0.25) is 0 Å². The average Bonchev–Trinajstić information content (AvgIpc) is 2.91. The van der Waals surface area contributed by atoms with E-state index < -0.39 is 0 Å². The van der Waals surface area contributed by atoms with Gasteiger partial charge in [0.1, 0.15) is 5.69 Å². The Balaban J connectivity index is 1.65. The molecule has 3 heterocycles. The number of pyridine rings is 1. The Labute approximate surface area is 123 Å². The van der Waals surface area contributed by atoms with Crippen molar-refractivity contribution in [2.24, 2.45) is 0 Å². The van der Waals surface area contributed by atoms with Gasteiger partial charge in [-0.3, -0.25) is 19.5 Å². The van der Waals surface area contributed by atoms with Crippen molar-refractivity contribution >= 4 is 11.8 Å². The zero-order valence-electron chi connectivity index (χ0n) is 12.2. The third-order valence-corrected chi connectivity index (χ3v) is 4.20. The van der Waals surface area contributed by atoms with Gasteiger partial charge in [0.2, 0.25) is 5.91 Å². The van der Waals surface area contributed by atoms with Crippen LogP contribution in [0.15, 0.2) is 12.3 Å². The quantitative estimate of drug-likeness (QED) is 0.826. The van der Waals surface area contributed by atoms with Crippen LogP contribution in [0.4, 0.5) is 0 Å². The van der Waals surface area contributed by atoms with Gasteiger partial charge in [-0.2, -0.15) is 0 Å². The van der Waals surface area contributed by atoms with Crippen LogP contribution >= 0.6 is 0 Å². The van der Waals surface area contributed by atoms with E-state index in [-0.39, 0.29) is 17.9 Å². The van der Waals surface area contributed by atoms with E-state index in [1.54, 1.807) is 13.2 Å². The van der Waals surface area contributed by atoms with Gasteiger partial charge < -0.3 is 10.6 Å². The number of carbonyl (C=O) groups is 2. The molecule has 1 saturated heterocycles. The number of nitrogens with zero attached hydrogens (tertiary/aromatic N) is 2. The van der Waals surface area contributed by atoms with Gasteiger partial charge in [0, 0.05) is 45.3 Å². The third kappa shape index (κ3) is 3.05. The molecule has 0 radical (unpaired) electrons. The van der Waals surface area contributed by atoms with Crippen molar-refractivity contribution in [1.82, 2.24) is 20.5 Å². The summed E-state index contributed by atoms with van der Waals surface area (Å²) in [5, 5.41) is 5.60. The Morgan fingerprint density at radius 1 is 1.48 bits per heavy atom. The first-order valence-electron chi connectivity index (χ1n) is 7.37. The lowest BCUT2D eigenvalue weighted by Gasteiger charge is -2.30. The van der Waals surface area contributed by atoms with Gasteiger partial charge in [-0.15, -0.1) is 0 Å². The Hall–Kier alpha value is -1.95. The lowest BCUT2D eigenvalue weighted by Crippen LogP contribution is -2.41. The highest BCUT2D eigenvalue weighted by atomic mass is 16.2. The van der Waals surface area contributed by atoms with Crippen LogP contribution in [0.3, 0.4) is 0 Å². The number of rotatable bonds is 3. The summed E-state index contributed by atoms with van der Waals surface area (Å²) in [6.07, 6.45) is 4.30. The second-order valence-corrected chi connectivity index (χ2v) is 5.71. The molecule has 21 heavy (non-hydrogen) atoms. The maximum absolute atomic E-state index is 11.6. The Morgan fingerprint density at radius 2 is 2.33 bits per heavy atom. The predicted molar refractivity (Wildman–Crippen MR) is 77.8 cm³/mol. The van der Waals surface area contributed by atoms with Gasteiger partial charge in [0.05, 0.1) is 0 Å². The van der Waals surface area contributed by atoms with Crippen molar-refractivity contribution in [1.29, 1.82) is 0 Å². The molecule has 3 rings (SSSR count). The van der Waals surface area contributed by atoms with Crippen molar-refractivity contribution in [2.45, 2.75) is 31.8 Å². The number of hydrogen-bond acceptors (Lipinski definition) is 4. The summed E-state index contributed by atoms with van der Waals surface area (Å²) in [5.74, 6) is 0.0168. The molecule has 0 aromatic carbocycles. The molecule has 2 N–H and O–H groups in total. The normalized spacial score (nSPS) is 21.8. The fourth-order valence-corrected chi connectivity index (χ4v) is 3.03. The number of amides is 2. The van der Waals surface area contributed by atoms with Crippen LogP contribution in [-0.4, -0.2) is 47.9 Å². The summed E-state index contributed by atoms with van der Waals surface area (Å²) >= 11 is 0. The van der Waals surface area contributed by atoms with Crippen LogP contribution in [0, 0.1) is 0 Å². The van der Waals surface area contributed by atoms with Crippen molar-refractivity contribution < 1.29 is 9.59 Å². The van der Waals surface area contributed by atoms with E-state index in [1.165, 1.54) is 11.1 Å². The van der Waals surface area contributed by atoms with Gasteiger partial charge in [-0.1, -0.05) is 0 Å². The number of carbonyl (C=O) groups excluding carboxylic acids is 2. The third-order valence-electron chi connectivity index (χ3n) is 4.20. The number of fused-ring (bicyclic) bond motifs is 1. The zero-order valence-corrected chi connectivity index (χ0v) is 12.2. The van der Waals surface area contributed by atoms with Gasteiger partial charge in [0.25, 0.3) is 5.91 Å². The summed E-state index contributed by atoms with van der Waals surface area (Å²) in [5.41, 5.74) is 2.86. The Bertz CT molecular complexity index is 573. The van der Waals surface area contributed by atoms with Gasteiger partial charge in [0.15, 0.2) is 0 Å². The lowest BCUT2D eigenvalue weighted by atomic mass is 10.00. The van der Waals surface area contributed by atoms with Crippen molar-refractivity contribution in [2.75, 3.05) is 20.1 Å². The van der Waals surface area contributed by atoms with Crippen LogP contribution in [0.1, 0.15) is 34.5 Å². The van der Waals surface area contributed by atoms with Gasteiger partial charge >= 0.3 is 0 Å². The standard InChI is InChI=1S/C15H20N4O2/c1-16-15(21)13-6-10-4-5-19(8-11(10)7-17-13)9-12-2-3-14(20)18-12/h6-7,12H,2-5,8-9H2,1H3,(H,16,21)(H,18,20)/t12-/m1/s1. The topological polar surface area (TPSA) is 74.3 Å². The summed E-state index contributed by atoms with van der Waals surface area (Å²) in [7, 11) is 1.61. The number of hydrogen-bond donors (Lipinski definition) is 2. The monoisotopic (exact) mass is 288 g/mol. The van der Waals surface area contributed by atoms with E-state index in [9.17, 15) is 9.59 Å². The fraction of sp³-hybridized carbons (Fsp3) is 0.533. The average molecular weight is 288 g/mol. The second-order valence-electron chi connectivity index (χ2n) is 5.71. The highest BCUT2D eigenvalue weighted by molar-refractivity contribution is 5.92. The lowest BCUT2D eigenvalue weighted by molar-refractivity contribution is -0.119.